The summed E-state index contributed by atoms with van der Waals surface area (Å²) in [6.45, 7) is 3.03. The van der Waals surface area contributed by atoms with Gasteiger partial charge in [0, 0.05) is 31.5 Å². The van der Waals surface area contributed by atoms with Gasteiger partial charge in [0.2, 0.25) is 0 Å². The van der Waals surface area contributed by atoms with Crippen molar-refractivity contribution in [2.45, 2.75) is 30.5 Å². The number of hydrogen-bond acceptors (Lipinski definition) is 5. The molecule has 0 radical (unpaired) electrons. The first-order chi connectivity index (χ1) is 7.90. The molecule has 0 aromatic carbocycles. The fourth-order valence-electron chi connectivity index (χ4n) is 1.91. The number of nitrogens with one attached hydrogen (secondary N) is 2. The lowest BCUT2D eigenvalue weighted by molar-refractivity contribution is 0.386. The second-order valence-corrected chi connectivity index (χ2v) is 4.73. The van der Waals surface area contributed by atoms with Gasteiger partial charge in [0.1, 0.15) is 5.03 Å². The van der Waals surface area contributed by atoms with Gasteiger partial charge in [-0.3, -0.25) is 4.98 Å². The molecule has 5 heteroatoms. The first-order valence-electron chi connectivity index (χ1n) is 5.68. The normalized spacial score (nSPS) is 20.9. The molecule has 1 fully saturated rings. The lowest BCUT2D eigenvalue weighted by Gasteiger charge is -2.23. The van der Waals surface area contributed by atoms with E-state index in [4.69, 9.17) is 0 Å². The second-order valence-electron chi connectivity index (χ2n) is 3.94. The molecule has 0 spiro atoms. The van der Waals surface area contributed by atoms with Crippen LogP contribution in [0.1, 0.15) is 18.5 Å². The summed E-state index contributed by atoms with van der Waals surface area (Å²) in [5, 5.41) is 7.96. The van der Waals surface area contributed by atoms with Gasteiger partial charge in [-0.05, 0) is 25.6 Å². The van der Waals surface area contributed by atoms with Gasteiger partial charge in [-0.1, -0.05) is 0 Å². The molecule has 1 aliphatic heterocycles. The minimum absolute atomic E-state index is 0.575. The molecule has 88 valence electrons. The Kier molecular flexibility index (Phi) is 4.56. The van der Waals surface area contributed by atoms with Crippen molar-refractivity contribution in [2.24, 2.45) is 0 Å². The number of piperidine rings is 1. The Hall–Kier alpha value is -0.650. The number of hydrogen-bond donors (Lipinski definition) is 2. The minimum atomic E-state index is 0.575. The van der Waals surface area contributed by atoms with Gasteiger partial charge in [-0.15, -0.1) is 11.8 Å². The van der Waals surface area contributed by atoms with Crippen LogP contribution >= 0.6 is 11.8 Å². The predicted molar refractivity (Wildman–Crippen MR) is 66.5 cm³/mol. The van der Waals surface area contributed by atoms with Crippen molar-refractivity contribution in [3.8, 4) is 0 Å². The maximum Gasteiger partial charge on any atom is 0.119 e. The Bertz CT molecular complexity index is 326. The molecule has 0 bridgehead atoms. The molecule has 0 amide bonds. The van der Waals surface area contributed by atoms with E-state index in [1.807, 2.05) is 6.26 Å². The molecule has 1 aromatic heterocycles. The third-order valence-electron chi connectivity index (χ3n) is 2.78. The van der Waals surface area contributed by atoms with Gasteiger partial charge in [0.25, 0.3) is 0 Å². The highest BCUT2D eigenvalue weighted by Crippen LogP contribution is 2.14. The summed E-state index contributed by atoms with van der Waals surface area (Å²) in [6.07, 6.45) is 8.05. The zero-order chi connectivity index (χ0) is 11.2. The predicted octanol–water partition coefficient (Wildman–Crippen LogP) is 1.04. The van der Waals surface area contributed by atoms with Gasteiger partial charge < -0.3 is 10.6 Å². The fraction of sp³-hybridized carbons (Fsp3) is 0.636. The van der Waals surface area contributed by atoms with Crippen LogP contribution < -0.4 is 10.6 Å². The van der Waals surface area contributed by atoms with E-state index in [9.17, 15) is 0 Å². The zero-order valence-electron chi connectivity index (χ0n) is 9.57. The van der Waals surface area contributed by atoms with Crippen molar-refractivity contribution in [3.63, 3.8) is 0 Å². The number of thioether (sulfide) groups is 1. The molecule has 1 aromatic rings. The van der Waals surface area contributed by atoms with Crippen LogP contribution in [0.5, 0.6) is 0 Å². The van der Waals surface area contributed by atoms with Crippen LogP contribution in [0.3, 0.4) is 0 Å². The highest BCUT2D eigenvalue weighted by molar-refractivity contribution is 7.98. The third-order valence-corrected chi connectivity index (χ3v) is 3.51. The molecule has 2 heterocycles. The van der Waals surface area contributed by atoms with E-state index in [0.29, 0.717) is 6.04 Å². The first-order valence-corrected chi connectivity index (χ1v) is 6.90. The molecule has 1 unspecified atom stereocenters. The molecule has 2 rings (SSSR count). The standard InChI is InChI=1S/C11H18N4S/c1-16-11-10(13-5-6-14-11)8-15-9-3-2-4-12-7-9/h5-6,9,12,15H,2-4,7-8H2,1H3. The Balaban J connectivity index is 1.88. The van der Waals surface area contributed by atoms with Crippen LogP contribution in [0.2, 0.25) is 0 Å². The molecule has 1 saturated heterocycles. The average molecular weight is 238 g/mol. The molecule has 0 aliphatic carbocycles. The number of aromatic nitrogens is 2. The highest BCUT2D eigenvalue weighted by Gasteiger charge is 2.13. The molecule has 0 saturated carbocycles. The van der Waals surface area contributed by atoms with E-state index in [0.717, 1.165) is 30.4 Å². The van der Waals surface area contributed by atoms with Crippen LogP contribution in [-0.2, 0) is 6.54 Å². The molecule has 1 atom stereocenters. The average Bonchev–Trinajstić information content (AvgIpc) is 2.38. The molecular weight excluding hydrogens is 220 g/mol. The van der Waals surface area contributed by atoms with E-state index in [1.54, 1.807) is 24.2 Å². The van der Waals surface area contributed by atoms with Crippen molar-refractivity contribution in [3.05, 3.63) is 18.1 Å². The third kappa shape index (κ3) is 3.17. The van der Waals surface area contributed by atoms with Crippen LogP contribution in [0.25, 0.3) is 0 Å². The lowest BCUT2D eigenvalue weighted by atomic mass is 10.1. The van der Waals surface area contributed by atoms with Gasteiger partial charge in [-0.2, -0.15) is 0 Å². The van der Waals surface area contributed by atoms with Crippen molar-refractivity contribution < 1.29 is 0 Å². The summed E-state index contributed by atoms with van der Waals surface area (Å²) in [7, 11) is 0. The molecule has 2 N–H and O–H groups in total. The van der Waals surface area contributed by atoms with E-state index in [-0.39, 0.29) is 0 Å². The van der Waals surface area contributed by atoms with E-state index in [2.05, 4.69) is 20.6 Å². The SMILES string of the molecule is CSc1nccnc1CNC1CCCNC1. The Morgan fingerprint density at radius 1 is 1.50 bits per heavy atom. The van der Waals surface area contributed by atoms with Crippen LogP contribution in [0, 0.1) is 0 Å². The highest BCUT2D eigenvalue weighted by atomic mass is 32.2. The lowest BCUT2D eigenvalue weighted by Crippen LogP contribution is -2.42. The van der Waals surface area contributed by atoms with Gasteiger partial charge in [0.05, 0.1) is 5.69 Å². The largest absolute Gasteiger partial charge is 0.315 e. The summed E-state index contributed by atoms with van der Waals surface area (Å²) < 4.78 is 0. The Morgan fingerprint density at radius 2 is 2.38 bits per heavy atom. The zero-order valence-corrected chi connectivity index (χ0v) is 10.4. The van der Waals surface area contributed by atoms with Crippen LogP contribution in [-0.4, -0.2) is 35.4 Å². The van der Waals surface area contributed by atoms with E-state index >= 15 is 0 Å². The van der Waals surface area contributed by atoms with E-state index in [1.165, 1.54) is 12.8 Å². The minimum Gasteiger partial charge on any atom is -0.315 e. The molecule has 16 heavy (non-hydrogen) atoms. The number of nitrogens with zero attached hydrogens (tertiary/aromatic N) is 2. The summed E-state index contributed by atoms with van der Waals surface area (Å²) in [6, 6.07) is 0.575. The Morgan fingerprint density at radius 3 is 3.12 bits per heavy atom. The van der Waals surface area contributed by atoms with Crippen LogP contribution in [0.4, 0.5) is 0 Å². The quantitative estimate of drug-likeness (QED) is 0.768. The summed E-state index contributed by atoms with van der Waals surface area (Å²) in [5.41, 5.74) is 1.06. The molecule has 1 aliphatic rings. The van der Waals surface area contributed by atoms with Crippen molar-refractivity contribution >= 4 is 11.8 Å². The van der Waals surface area contributed by atoms with E-state index < -0.39 is 0 Å². The monoisotopic (exact) mass is 238 g/mol. The van der Waals surface area contributed by atoms with Gasteiger partial charge >= 0.3 is 0 Å². The summed E-state index contributed by atoms with van der Waals surface area (Å²) in [5.74, 6) is 0. The van der Waals surface area contributed by atoms with Crippen molar-refractivity contribution in [1.82, 2.24) is 20.6 Å². The summed E-state index contributed by atoms with van der Waals surface area (Å²) in [4.78, 5) is 8.67. The smallest absolute Gasteiger partial charge is 0.119 e. The first kappa shape index (κ1) is 11.8. The fourth-order valence-corrected chi connectivity index (χ4v) is 2.44. The van der Waals surface area contributed by atoms with Gasteiger partial charge in [0.15, 0.2) is 0 Å². The maximum absolute atomic E-state index is 4.37. The number of rotatable bonds is 4. The molecule has 4 nitrogen and oxygen atoms in total. The topological polar surface area (TPSA) is 49.8 Å². The summed E-state index contributed by atoms with van der Waals surface area (Å²) >= 11 is 1.65. The Labute approximate surface area is 101 Å². The van der Waals surface area contributed by atoms with Crippen molar-refractivity contribution in [1.29, 1.82) is 0 Å². The molecular formula is C11H18N4S. The second kappa shape index (κ2) is 6.18. The van der Waals surface area contributed by atoms with Gasteiger partial charge in [-0.25, -0.2) is 4.98 Å². The van der Waals surface area contributed by atoms with Crippen LogP contribution in [0.15, 0.2) is 17.4 Å². The van der Waals surface area contributed by atoms with Crippen molar-refractivity contribution in [2.75, 3.05) is 19.3 Å². The maximum atomic E-state index is 4.37.